The van der Waals surface area contributed by atoms with E-state index in [1.165, 1.54) is 22.9 Å². The fourth-order valence-corrected chi connectivity index (χ4v) is 3.53. The number of oxime groups is 1. The van der Waals surface area contributed by atoms with Crippen molar-refractivity contribution in [1.29, 1.82) is 0 Å². The summed E-state index contributed by atoms with van der Waals surface area (Å²) in [5.41, 5.74) is 8.17. The quantitative estimate of drug-likeness (QED) is 0.278. The maximum Gasteiger partial charge on any atom is 0.171 e. The molecule has 2 aromatic rings. The average Bonchev–Trinajstić information content (AvgIpc) is 2.49. The second-order valence-electron chi connectivity index (χ2n) is 4.44. The highest BCUT2D eigenvalue weighted by atomic mass is 79.9. The van der Waals surface area contributed by atoms with Crippen molar-refractivity contribution in [2.24, 2.45) is 10.9 Å². The highest BCUT2D eigenvalue weighted by Gasteiger charge is 2.14. The third-order valence-electron chi connectivity index (χ3n) is 3.07. The molecule has 110 valence electrons. The topological polar surface area (TPSA) is 58.6 Å². The molecule has 0 saturated carbocycles. The molecular formula is C15H14BrFN2OS. The van der Waals surface area contributed by atoms with E-state index in [9.17, 15) is 4.39 Å². The predicted octanol–water partition coefficient (Wildman–Crippen LogP) is 4.28. The van der Waals surface area contributed by atoms with Crippen LogP contribution >= 0.6 is 27.7 Å². The molecule has 3 N–H and O–H groups in total. The van der Waals surface area contributed by atoms with Gasteiger partial charge in [0.1, 0.15) is 0 Å². The molecule has 0 aliphatic heterocycles. The van der Waals surface area contributed by atoms with Crippen LogP contribution in [-0.2, 0) is 5.75 Å². The number of benzene rings is 2. The Balaban J connectivity index is 2.22. The van der Waals surface area contributed by atoms with Crippen LogP contribution in [0.25, 0.3) is 0 Å². The Morgan fingerprint density at radius 2 is 2.05 bits per heavy atom. The SMILES string of the molecule is Cc1ccccc1CSc1ccc(/C(N)=N/O)c(Br)c1F. The molecule has 0 unspecified atom stereocenters. The smallest absolute Gasteiger partial charge is 0.171 e. The van der Waals surface area contributed by atoms with Crippen LogP contribution in [0.2, 0.25) is 0 Å². The van der Waals surface area contributed by atoms with Gasteiger partial charge in [-0.2, -0.15) is 0 Å². The molecule has 3 nitrogen and oxygen atoms in total. The van der Waals surface area contributed by atoms with Gasteiger partial charge in [0.15, 0.2) is 11.7 Å². The van der Waals surface area contributed by atoms with Gasteiger partial charge in [0, 0.05) is 16.2 Å². The molecule has 0 heterocycles. The first-order chi connectivity index (χ1) is 10.0. The lowest BCUT2D eigenvalue weighted by Gasteiger charge is -2.09. The van der Waals surface area contributed by atoms with E-state index in [0.717, 1.165) is 0 Å². The molecule has 0 fully saturated rings. The first kappa shape index (κ1) is 15.9. The van der Waals surface area contributed by atoms with Gasteiger partial charge in [-0.1, -0.05) is 29.4 Å². The zero-order chi connectivity index (χ0) is 15.4. The van der Waals surface area contributed by atoms with Crippen LogP contribution in [0.3, 0.4) is 0 Å². The molecule has 0 amide bonds. The molecule has 6 heteroatoms. The number of amidine groups is 1. The monoisotopic (exact) mass is 368 g/mol. The van der Waals surface area contributed by atoms with Crippen LogP contribution in [0.15, 0.2) is 50.9 Å². The van der Waals surface area contributed by atoms with E-state index in [2.05, 4.69) is 21.1 Å². The standard InChI is InChI=1S/C15H14BrFN2OS/c1-9-4-2-3-5-10(9)8-21-12-7-6-11(15(18)19-20)13(16)14(12)17/h2-7,20H,8H2,1H3,(H2,18,19). The summed E-state index contributed by atoms with van der Waals surface area (Å²) in [7, 11) is 0. The Morgan fingerprint density at radius 3 is 2.71 bits per heavy atom. The third kappa shape index (κ3) is 3.57. The number of rotatable bonds is 4. The molecule has 0 aliphatic rings. The maximum absolute atomic E-state index is 14.3. The first-order valence-corrected chi connectivity index (χ1v) is 7.95. The Morgan fingerprint density at radius 1 is 1.33 bits per heavy atom. The van der Waals surface area contributed by atoms with Crippen molar-refractivity contribution in [3.05, 3.63) is 63.4 Å². The molecule has 0 radical (unpaired) electrons. The van der Waals surface area contributed by atoms with Gasteiger partial charge >= 0.3 is 0 Å². The summed E-state index contributed by atoms with van der Waals surface area (Å²) in [5.74, 6) is 0.146. The highest BCUT2D eigenvalue weighted by molar-refractivity contribution is 9.10. The van der Waals surface area contributed by atoms with Crippen molar-refractivity contribution in [3.8, 4) is 0 Å². The predicted molar refractivity (Wildman–Crippen MR) is 87.4 cm³/mol. The van der Waals surface area contributed by atoms with E-state index in [1.807, 2.05) is 31.2 Å². The van der Waals surface area contributed by atoms with Gasteiger partial charge in [0.2, 0.25) is 0 Å². The lowest BCUT2D eigenvalue weighted by molar-refractivity contribution is 0.318. The van der Waals surface area contributed by atoms with Crippen molar-refractivity contribution < 1.29 is 9.60 Å². The van der Waals surface area contributed by atoms with Gasteiger partial charge in [0.25, 0.3) is 0 Å². The zero-order valence-electron chi connectivity index (χ0n) is 11.3. The minimum Gasteiger partial charge on any atom is -0.409 e. The molecule has 0 atom stereocenters. The number of aryl methyl sites for hydroxylation is 1. The normalized spacial score (nSPS) is 11.7. The van der Waals surface area contributed by atoms with Crippen molar-refractivity contribution in [1.82, 2.24) is 0 Å². The van der Waals surface area contributed by atoms with Crippen LogP contribution in [0.1, 0.15) is 16.7 Å². The van der Waals surface area contributed by atoms with Crippen molar-refractivity contribution >= 4 is 33.5 Å². The Labute approximate surface area is 135 Å². The Bertz CT molecular complexity index is 691. The molecule has 21 heavy (non-hydrogen) atoms. The van der Waals surface area contributed by atoms with E-state index >= 15 is 0 Å². The van der Waals surface area contributed by atoms with Gasteiger partial charge in [-0.3, -0.25) is 0 Å². The van der Waals surface area contributed by atoms with E-state index in [0.29, 0.717) is 16.2 Å². The van der Waals surface area contributed by atoms with Crippen molar-refractivity contribution in [2.45, 2.75) is 17.6 Å². The molecule has 2 aromatic carbocycles. The van der Waals surface area contributed by atoms with Gasteiger partial charge in [-0.15, -0.1) is 11.8 Å². The number of halogens is 2. The molecule has 0 aromatic heterocycles. The van der Waals surface area contributed by atoms with Gasteiger partial charge < -0.3 is 10.9 Å². The molecule has 0 bridgehead atoms. The van der Waals surface area contributed by atoms with Crippen molar-refractivity contribution in [3.63, 3.8) is 0 Å². The lowest BCUT2D eigenvalue weighted by Crippen LogP contribution is -2.14. The van der Waals surface area contributed by atoms with Gasteiger partial charge in [-0.05, 0) is 46.1 Å². The summed E-state index contributed by atoms with van der Waals surface area (Å²) in [4.78, 5) is 0.514. The minimum absolute atomic E-state index is 0.128. The van der Waals surface area contributed by atoms with Crippen LogP contribution in [0, 0.1) is 12.7 Å². The summed E-state index contributed by atoms with van der Waals surface area (Å²) in [5, 5.41) is 11.6. The van der Waals surface area contributed by atoms with E-state index in [-0.39, 0.29) is 10.3 Å². The average molecular weight is 369 g/mol. The van der Waals surface area contributed by atoms with Crippen LogP contribution < -0.4 is 5.73 Å². The lowest BCUT2D eigenvalue weighted by atomic mass is 10.1. The maximum atomic E-state index is 14.3. The summed E-state index contributed by atoms with van der Waals surface area (Å²) in [6.45, 7) is 2.03. The number of thioether (sulfide) groups is 1. The third-order valence-corrected chi connectivity index (χ3v) is 4.93. The van der Waals surface area contributed by atoms with Gasteiger partial charge in [-0.25, -0.2) is 4.39 Å². The summed E-state index contributed by atoms with van der Waals surface area (Å²) >= 11 is 4.56. The van der Waals surface area contributed by atoms with Crippen LogP contribution in [-0.4, -0.2) is 11.0 Å². The fraction of sp³-hybridized carbons (Fsp3) is 0.133. The number of nitrogens with two attached hydrogens (primary N) is 1. The number of hydrogen-bond acceptors (Lipinski definition) is 3. The van der Waals surface area contributed by atoms with Crippen LogP contribution in [0.5, 0.6) is 0 Å². The van der Waals surface area contributed by atoms with Gasteiger partial charge in [0.05, 0.1) is 4.47 Å². The van der Waals surface area contributed by atoms with Crippen LogP contribution in [0.4, 0.5) is 4.39 Å². The highest BCUT2D eigenvalue weighted by Crippen LogP contribution is 2.32. The molecule has 2 rings (SSSR count). The summed E-state index contributed by atoms with van der Waals surface area (Å²) in [6.07, 6.45) is 0. The second-order valence-corrected chi connectivity index (χ2v) is 6.25. The van der Waals surface area contributed by atoms with E-state index < -0.39 is 5.82 Å². The Hall–Kier alpha value is -1.53. The second kappa shape index (κ2) is 6.95. The van der Waals surface area contributed by atoms with E-state index in [1.54, 1.807) is 12.1 Å². The molecule has 0 spiro atoms. The van der Waals surface area contributed by atoms with Crippen molar-refractivity contribution in [2.75, 3.05) is 0 Å². The largest absolute Gasteiger partial charge is 0.409 e. The number of hydrogen-bond donors (Lipinski definition) is 2. The first-order valence-electron chi connectivity index (χ1n) is 6.17. The Kier molecular flexibility index (Phi) is 5.25. The summed E-state index contributed by atoms with van der Waals surface area (Å²) < 4.78 is 14.5. The zero-order valence-corrected chi connectivity index (χ0v) is 13.7. The summed E-state index contributed by atoms with van der Waals surface area (Å²) in [6, 6.07) is 11.3. The number of nitrogens with zero attached hydrogens (tertiary/aromatic N) is 1. The fourth-order valence-electron chi connectivity index (χ4n) is 1.82. The van der Waals surface area contributed by atoms with E-state index in [4.69, 9.17) is 10.9 Å². The molecule has 0 aliphatic carbocycles. The molecular weight excluding hydrogens is 355 g/mol. The molecule has 0 saturated heterocycles. The minimum atomic E-state index is -0.405.